The van der Waals surface area contributed by atoms with E-state index in [0.717, 1.165) is 0 Å². The van der Waals surface area contributed by atoms with Gasteiger partial charge in [0.1, 0.15) is 0 Å². The second kappa shape index (κ2) is 3.84. The molecule has 6 heteroatoms. The topological polar surface area (TPSA) is 0 Å². The van der Waals surface area contributed by atoms with Crippen molar-refractivity contribution >= 4 is 15.9 Å². The summed E-state index contributed by atoms with van der Waals surface area (Å²) in [5.41, 5.74) is -1.48. The Morgan fingerprint density at radius 2 is 1.57 bits per heavy atom. The van der Waals surface area contributed by atoms with E-state index in [0.29, 0.717) is 6.07 Å². The van der Waals surface area contributed by atoms with Crippen LogP contribution >= 0.6 is 15.9 Å². The average Bonchev–Trinajstić information content (AvgIpc) is 2.07. The molecule has 0 atom stereocenters. The van der Waals surface area contributed by atoms with Gasteiger partial charge in [0, 0.05) is 5.33 Å². The molecule has 0 unspecified atom stereocenters. The lowest BCUT2D eigenvalue weighted by molar-refractivity contribution is -0.138. The van der Waals surface area contributed by atoms with Gasteiger partial charge in [0.05, 0.1) is 5.56 Å². The van der Waals surface area contributed by atoms with E-state index in [2.05, 4.69) is 15.9 Å². The molecule has 0 nitrogen and oxygen atoms in total. The van der Waals surface area contributed by atoms with E-state index in [1.807, 2.05) is 0 Å². The number of rotatable bonds is 1. The van der Waals surface area contributed by atoms with Crippen molar-refractivity contribution in [1.29, 1.82) is 0 Å². The minimum atomic E-state index is -4.67. The van der Waals surface area contributed by atoms with Gasteiger partial charge in [0.25, 0.3) is 0 Å². The Bertz CT molecular complexity index is 344. The third kappa shape index (κ3) is 2.23. The summed E-state index contributed by atoms with van der Waals surface area (Å²) in [6.45, 7) is 0. The minimum absolute atomic E-state index is 0.159. The zero-order chi connectivity index (χ0) is 10.9. The van der Waals surface area contributed by atoms with Crippen LogP contribution in [0.2, 0.25) is 0 Å². The summed E-state index contributed by atoms with van der Waals surface area (Å²) in [4.78, 5) is 0. The predicted molar refractivity (Wildman–Crippen MR) is 44.0 cm³/mol. The van der Waals surface area contributed by atoms with Gasteiger partial charge in [-0.15, -0.1) is 0 Å². The quantitative estimate of drug-likeness (QED) is 0.539. The molecule has 1 aromatic rings. The second-order valence-electron chi connectivity index (χ2n) is 2.55. The number of hydrogen-bond acceptors (Lipinski definition) is 0. The molecule has 0 aliphatic carbocycles. The fourth-order valence-electron chi connectivity index (χ4n) is 0.962. The summed E-state index contributed by atoms with van der Waals surface area (Å²) in [5.74, 6) is -2.78. The molecule has 0 saturated heterocycles. The van der Waals surface area contributed by atoms with Crippen LogP contribution in [-0.4, -0.2) is 0 Å². The molecule has 0 amide bonds. The normalized spacial score (nSPS) is 11.9. The van der Waals surface area contributed by atoms with Crippen LogP contribution in [0.5, 0.6) is 0 Å². The molecule has 0 spiro atoms. The van der Waals surface area contributed by atoms with Crippen LogP contribution in [0, 0.1) is 11.6 Å². The van der Waals surface area contributed by atoms with Gasteiger partial charge in [-0.2, -0.15) is 13.2 Å². The van der Waals surface area contributed by atoms with E-state index in [4.69, 9.17) is 0 Å². The summed E-state index contributed by atoms with van der Waals surface area (Å²) >= 11 is 2.77. The van der Waals surface area contributed by atoms with Crippen molar-refractivity contribution in [2.45, 2.75) is 11.5 Å². The van der Waals surface area contributed by atoms with Crippen molar-refractivity contribution in [3.63, 3.8) is 0 Å². The molecular formula is C8H4BrF5. The minimum Gasteiger partial charge on any atom is -0.204 e. The second-order valence-corrected chi connectivity index (χ2v) is 3.12. The van der Waals surface area contributed by atoms with Gasteiger partial charge >= 0.3 is 6.18 Å². The van der Waals surface area contributed by atoms with Gasteiger partial charge in [-0.25, -0.2) is 8.78 Å². The van der Waals surface area contributed by atoms with E-state index >= 15 is 0 Å². The van der Waals surface area contributed by atoms with Gasteiger partial charge in [0.2, 0.25) is 0 Å². The fraction of sp³-hybridized carbons (Fsp3) is 0.250. The molecular weight excluding hydrogens is 271 g/mol. The largest absolute Gasteiger partial charge is 0.416 e. The Labute approximate surface area is 84.9 Å². The van der Waals surface area contributed by atoms with Crippen LogP contribution in [0.4, 0.5) is 22.0 Å². The van der Waals surface area contributed by atoms with Crippen LogP contribution in [0.3, 0.4) is 0 Å². The molecule has 0 heterocycles. The smallest absolute Gasteiger partial charge is 0.204 e. The van der Waals surface area contributed by atoms with Crippen LogP contribution < -0.4 is 0 Å². The molecule has 0 N–H and O–H groups in total. The van der Waals surface area contributed by atoms with Crippen LogP contribution in [0.15, 0.2) is 12.1 Å². The first kappa shape index (κ1) is 11.4. The van der Waals surface area contributed by atoms with E-state index in [9.17, 15) is 22.0 Å². The van der Waals surface area contributed by atoms with E-state index in [-0.39, 0.29) is 17.0 Å². The maximum Gasteiger partial charge on any atom is 0.416 e. The van der Waals surface area contributed by atoms with Crippen molar-refractivity contribution < 1.29 is 22.0 Å². The van der Waals surface area contributed by atoms with Gasteiger partial charge in [0.15, 0.2) is 11.6 Å². The summed E-state index contributed by atoms with van der Waals surface area (Å²) in [5, 5.41) is -0.182. The van der Waals surface area contributed by atoms with E-state index < -0.39 is 23.4 Å². The standard InChI is InChI=1S/C8H4BrF5/c9-3-4-1-6(10)7(11)2-5(4)8(12,13)14/h1-2H,3H2. The van der Waals surface area contributed by atoms with Crippen molar-refractivity contribution in [1.82, 2.24) is 0 Å². The Morgan fingerprint density at radius 1 is 1.07 bits per heavy atom. The van der Waals surface area contributed by atoms with Crippen LogP contribution in [0.1, 0.15) is 11.1 Å². The molecule has 0 bridgehead atoms. The fourth-order valence-corrected chi connectivity index (χ4v) is 1.43. The van der Waals surface area contributed by atoms with Gasteiger partial charge in [-0.1, -0.05) is 15.9 Å². The van der Waals surface area contributed by atoms with Gasteiger partial charge in [-0.3, -0.25) is 0 Å². The van der Waals surface area contributed by atoms with Crippen LogP contribution in [-0.2, 0) is 11.5 Å². The third-order valence-electron chi connectivity index (χ3n) is 1.60. The zero-order valence-electron chi connectivity index (χ0n) is 6.63. The highest BCUT2D eigenvalue weighted by Gasteiger charge is 2.34. The summed E-state index contributed by atoms with van der Waals surface area (Å²) < 4.78 is 61.8. The first-order chi connectivity index (χ1) is 6.36. The molecule has 14 heavy (non-hydrogen) atoms. The highest BCUT2D eigenvalue weighted by molar-refractivity contribution is 9.08. The monoisotopic (exact) mass is 274 g/mol. The maximum absolute atomic E-state index is 12.6. The Hall–Kier alpha value is -0.650. The lowest BCUT2D eigenvalue weighted by atomic mass is 10.1. The van der Waals surface area contributed by atoms with Gasteiger partial charge in [-0.05, 0) is 17.7 Å². The Kier molecular flexibility index (Phi) is 3.14. The van der Waals surface area contributed by atoms with Gasteiger partial charge < -0.3 is 0 Å². The molecule has 0 aliphatic rings. The van der Waals surface area contributed by atoms with Crippen LogP contribution in [0.25, 0.3) is 0 Å². The molecule has 0 aliphatic heterocycles. The zero-order valence-corrected chi connectivity index (χ0v) is 8.22. The van der Waals surface area contributed by atoms with Crippen molar-refractivity contribution in [2.75, 3.05) is 0 Å². The lowest BCUT2D eigenvalue weighted by Gasteiger charge is -2.11. The molecule has 0 radical (unpaired) electrons. The Morgan fingerprint density at radius 3 is 2.00 bits per heavy atom. The summed E-state index contributed by atoms with van der Waals surface area (Å²) in [6.07, 6.45) is -4.67. The molecule has 1 aromatic carbocycles. The average molecular weight is 275 g/mol. The third-order valence-corrected chi connectivity index (χ3v) is 2.20. The highest BCUT2D eigenvalue weighted by atomic mass is 79.9. The molecule has 0 aromatic heterocycles. The molecule has 78 valence electrons. The van der Waals surface area contributed by atoms with E-state index in [1.54, 1.807) is 0 Å². The molecule has 1 rings (SSSR count). The number of halogens is 6. The Balaban J connectivity index is 3.35. The molecule has 0 fully saturated rings. The number of hydrogen-bond donors (Lipinski definition) is 0. The number of benzene rings is 1. The van der Waals surface area contributed by atoms with Crippen molar-refractivity contribution in [3.05, 3.63) is 34.9 Å². The summed E-state index contributed by atoms with van der Waals surface area (Å²) in [7, 11) is 0. The summed E-state index contributed by atoms with van der Waals surface area (Å²) in [6, 6.07) is 0.693. The van der Waals surface area contributed by atoms with E-state index in [1.165, 1.54) is 0 Å². The maximum atomic E-state index is 12.6. The SMILES string of the molecule is Fc1cc(CBr)c(C(F)(F)F)cc1F. The predicted octanol–water partition coefficient (Wildman–Crippen LogP) is 3.88. The number of alkyl halides is 4. The lowest BCUT2D eigenvalue weighted by Crippen LogP contribution is -2.09. The first-order valence-corrected chi connectivity index (χ1v) is 4.59. The highest BCUT2D eigenvalue weighted by Crippen LogP contribution is 2.34. The van der Waals surface area contributed by atoms with Crippen molar-refractivity contribution in [2.24, 2.45) is 0 Å². The first-order valence-electron chi connectivity index (χ1n) is 3.47. The van der Waals surface area contributed by atoms with Crippen molar-refractivity contribution in [3.8, 4) is 0 Å². The molecule has 0 saturated carbocycles.